The zero-order valence-electron chi connectivity index (χ0n) is 7.06. The van der Waals surface area contributed by atoms with Crippen molar-refractivity contribution >= 4 is 5.91 Å². The largest absolute Gasteiger partial charge is 0.350 e. The molecule has 0 saturated carbocycles. The maximum atomic E-state index is 10.9. The van der Waals surface area contributed by atoms with Crippen molar-refractivity contribution in [2.45, 2.75) is 39.3 Å². The topological polar surface area (TPSA) is 55.1 Å². The van der Waals surface area contributed by atoms with Gasteiger partial charge < -0.3 is 11.1 Å². The molecule has 1 amide bonds. The molecule has 1 unspecified atom stereocenters. The second-order valence-corrected chi connectivity index (χ2v) is 3.53. The Morgan fingerprint density at radius 1 is 1.50 bits per heavy atom. The van der Waals surface area contributed by atoms with Crippen LogP contribution in [0.3, 0.4) is 0 Å². The first-order valence-corrected chi connectivity index (χ1v) is 3.40. The third-order valence-electron chi connectivity index (χ3n) is 0.912. The summed E-state index contributed by atoms with van der Waals surface area (Å²) >= 11 is 0. The summed E-state index contributed by atoms with van der Waals surface area (Å²) in [4.78, 5) is 10.9. The Kier molecular flexibility index (Phi) is 2.84. The van der Waals surface area contributed by atoms with Gasteiger partial charge in [-0.3, -0.25) is 4.79 Å². The summed E-state index contributed by atoms with van der Waals surface area (Å²) in [6, 6.07) is -0.417. The van der Waals surface area contributed by atoms with E-state index < -0.39 is 6.04 Å². The van der Waals surface area contributed by atoms with E-state index in [1.807, 2.05) is 20.8 Å². The second kappa shape index (κ2) is 3.01. The lowest BCUT2D eigenvalue weighted by molar-refractivity contribution is -0.123. The normalized spacial score (nSPS) is 14.5. The molecular formula is C7H16N2O. The van der Waals surface area contributed by atoms with E-state index in [1.165, 1.54) is 0 Å². The summed E-state index contributed by atoms with van der Waals surface area (Å²) in [5.74, 6) is -0.104. The molecule has 0 rings (SSSR count). The predicted octanol–water partition coefficient (Wildman–Crippen LogP) is 0.248. The van der Waals surface area contributed by atoms with Crippen LogP contribution < -0.4 is 11.1 Å². The molecule has 3 heteroatoms. The molecule has 1 atom stereocenters. The van der Waals surface area contributed by atoms with Crippen molar-refractivity contribution < 1.29 is 4.79 Å². The molecule has 3 nitrogen and oxygen atoms in total. The number of rotatable bonds is 1. The van der Waals surface area contributed by atoms with E-state index in [2.05, 4.69) is 5.32 Å². The molecule has 0 aromatic carbocycles. The third-order valence-corrected chi connectivity index (χ3v) is 0.912. The standard InChI is InChI=1S/C7H16N2O/c1-5(8)6(10)9-7(2,3)4/h5H,8H2,1-4H3,(H,9,10). The summed E-state index contributed by atoms with van der Waals surface area (Å²) in [7, 11) is 0. The van der Waals surface area contributed by atoms with Crippen molar-refractivity contribution in [2.24, 2.45) is 5.73 Å². The van der Waals surface area contributed by atoms with Gasteiger partial charge in [0.1, 0.15) is 0 Å². The van der Waals surface area contributed by atoms with Crippen LogP contribution in [0.2, 0.25) is 0 Å². The lowest BCUT2D eigenvalue weighted by atomic mass is 10.1. The summed E-state index contributed by atoms with van der Waals surface area (Å²) < 4.78 is 0. The van der Waals surface area contributed by atoms with Crippen LogP contribution in [0.4, 0.5) is 0 Å². The Hall–Kier alpha value is -0.570. The fourth-order valence-corrected chi connectivity index (χ4v) is 0.483. The van der Waals surface area contributed by atoms with E-state index in [-0.39, 0.29) is 11.4 Å². The Labute approximate surface area is 62.0 Å². The average Bonchev–Trinajstić information content (AvgIpc) is 1.60. The van der Waals surface area contributed by atoms with E-state index in [0.717, 1.165) is 0 Å². The number of nitrogens with two attached hydrogens (primary N) is 1. The fourth-order valence-electron chi connectivity index (χ4n) is 0.483. The minimum Gasteiger partial charge on any atom is -0.350 e. The van der Waals surface area contributed by atoms with Crippen LogP contribution in [0, 0.1) is 0 Å². The molecule has 0 aliphatic carbocycles. The molecule has 0 heterocycles. The van der Waals surface area contributed by atoms with Gasteiger partial charge in [0, 0.05) is 5.54 Å². The highest BCUT2D eigenvalue weighted by Crippen LogP contribution is 1.98. The Morgan fingerprint density at radius 2 is 1.90 bits per heavy atom. The van der Waals surface area contributed by atoms with Gasteiger partial charge in [0.2, 0.25) is 5.91 Å². The first-order valence-electron chi connectivity index (χ1n) is 3.40. The van der Waals surface area contributed by atoms with Crippen LogP contribution >= 0.6 is 0 Å². The molecular weight excluding hydrogens is 128 g/mol. The highest BCUT2D eigenvalue weighted by Gasteiger charge is 2.15. The van der Waals surface area contributed by atoms with Crippen molar-refractivity contribution in [1.82, 2.24) is 5.32 Å². The summed E-state index contributed by atoms with van der Waals surface area (Å²) in [6.45, 7) is 7.44. The van der Waals surface area contributed by atoms with Crippen LogP contribution in [0.5, 0.6) is 0 Å². The van der Waals surface area contributed by atoms with E-state index in [0.29, 0.717) is 0 Å². The fraction of sp³-hybridized carbons (Fsp3) is 0.857. The maximum Gasteiger partial charge on any atom is 0.237 e. The van der Waals surface area contributed by atoms with Gasteiger partial charge in [0.25, 0.3) is 0 Å². The van der Waals surface area contributed by atoms with Crippen LogP contribution in [-0.4, -0.2) is 17.5 Å². The molecule has 0 bridgehead atoms. The van der Waals surface area contributed by atoms with E-state index in [1.54, 1.807) is 6.92 Å². The SMILES string of the molecule is CC(N)C(=O)NC(C)(C)C. The minimum atomic E-state index is -0.417. The Balaban J connectivity index is 3.81. The van der Waals surface area contributed by atoms with Gasteiger partial charge in [-0.2, -0.15) is 0 Å². The first kappa shape index (κ1) is 9.43. The quantitative estimate of drug-likeness (QED) is 0.554. The summed E-state index contributed by atoms with van der Waals surface area (Å²) in [5.41, 5.74) is 5.16. The monoisotopic (exact) mass is 144 g/mol. The zero-order valence-corrected chi connectivity index (χ0v) is 7.06. The van der Waals surface area contributed by atoms with E-state index in [9.17, 15) is 4.79 Å². The summed E-state index contributed by atoms with van der Waals surface area (Å²) in [6.07, 6.45) is 0. The van der Waals surface area contributed by atoms with Crippen molar-refractivity contribution in [1.29, 1.82) is 0 Å². The molecule has 0 saturated heterocycles. The first-order chi connectivity index (χ1) is 4.33. The van der Waals surface area contributed by atoms with Crippen molar-refractivity contribution in [2.75, 3.05) is 0 Å². The maximum absolute atomic E-state index is 10.9. The van der Waals surface area contributed by atoms with Gasteiger partial charge in [-0.15, -0.1) is 0 Å². The van der Waals surface area contributed by atoms with Crippen molar-refractivity contribution in [3.63, 3.8) is 0 Å². The summed E-state index contributed by atoms with van der Waals surface area (Å²) in [5, 5.41) is 2.75. The zero-order chi connectivity index (χ0) is 8.36. The minimum absolute atomic E-state index is 0.104. The number of carbonyl (C=O) groups is 1. The third kappa shape index (κ3) is 4.32. The van der Waals surface area contributed by atoms with E-state index >= 15 is 0 Å². The second-order valence-electron chi connectivity index (χ2n) is 3.53. The van der Waals surface area contributed by atoms with Crippen molar-refractivity contribution in [3.05, 3.63) is 0 Å². The molecule has 0 spiro atoms. The van der Waals surface area contributed by atoms with Gasteiger partial charge in [0.05, 0.1) is 6.04 Å². The number of carbonyl (C=O) groups excluding carboxylic acids is 1. The number of hydrogen-bond donors (Lipinski definition) is 2. The number of hydrogen-bond acceptors (Lipinski definition) is 2. The molecule has 0 fully saturated rings. The van der Waals surface area contributed by atoms with Gasteiger partial charge in [-0.1, -0.05) is 0 Å². The van der Waals surface area contributed by atoms with Gasteiger partial charge in [-0.25, -0.2) is 0 Å². The number of amides is 1. The molecule has 0 aromatic rings. The predicted molar refractivity (Wildman–Crippen MR) is 41.5 cm³/mol. The molecule has 0 aromatic heterocycles. The molecule has 3 N–H and O–H groups in total. The Bertz CT molecular complexity index is 124. The molecule has 0 aliphatic rings. The van der Waals surface area contributed by atoms with E-state index in [4.69, 9.17) is 5.73 Å². The van der Waals surface area contributed by atoms with Gasteiger partial charge >= 0.3 is 0 Å². The molecule has 0 aliphatic heterocycles. The highest BCUT2D eigenvalue weighted by molar-refractivity contribution is 5.81. The molecule has 10 heavy (non-hydrogen) atoms. The van der Waals surface area contributed by atoms with Gasteiger partial charge in [0.15, 0.2) is 0 Å². The van der Waals surface area contributed by atoms with Crippen LogP contribution in [0.15, 0.2) is 0 Å². The number of nitrogens with one attached hydrogen (secondary N) is 1. The smallest absolute Gasteiger partial charge is 0.237 e. The highest BCUT2D eigenvalue weighted by atomic mass is 16.2. The van der Waals surface area contributed by atoms with Crippen LogP contribution in [0.25, 0.3) is 0 Å². The lowest BCUT2D eigenvalue weighted by Gasteiger charge is -2.21. The lowest BCUT2D eigenvalue weighted by Crippen LogP contribution is -2.47. The van der Waals surface area contributed by atoms with Gasteiger partial charge in [-0.05, 0) is 27.7 Å². The van der Waals surface area contributed by atoms with Crippen molar-refractivity contribution in [3.8, 4) is 0 Å². The van der Waals surface area contributed by atoms with Crippen LogP contribution in [0.1, 0.15) is 27.7 Å². The van der Waals surface area contributed by atoms with Crippen LogP contribution in [-0.2, 0) is 4.79 Å². The average molecular weight is 144 g/mol. The Morgan fingerprint density at radius 3 is 2.00 bits per heavy atom. The molecule has 0 radical (unpaired) electrons. The molecule has 60 valence electrons.